The van der Waals surface area contributed by atoms with Crippen LogP contribution < -0.4 is 20.1 Å². The molecular formula is C20H20N2O4. The number of anilines is 1. The SMILES string of the molecule is C#CCNC(=O)c1ccccc1NC(=O)C(C)Oc1ccc(OC)cc1. The zero-order valence-electron chi connectivity index (χ0n) is 14.6. The Morgan fingerprint density at radius 3 is 2.42 bits per heavy atom. The van der Waals surface area contributed by atoms with Crippen molar-refractivity contribution >= 4 is 17.5 Å². The number of amides is 2. The van der Waals surface area contributed by atoms with E-state index in [-0.39, 0.29) is 18.4 Å². The van der Waals surface area contributed by atoms with E-state index in [9.17, 15) is 9.59 Å². The number of carbonyl (C=O) groups is 2. The molecule has 2 N–H and O–H groups in total. The lowest BCUT2D eigenvalue weighted by Crippen LogP contribution is -2.31. The van der Waals surface area contributed by atoms with E-state index in [0.29, 0.717) is 22.7 Å². The smallest absolute Gasteiger partial charge is 0.265 e. The van der Waals surface area contributed by atoms with E-state index in [1.165, 1.54) is 0 Å². The van der Waals surface area contributed by atoms with E-state index >= 15 is 0 Å². The summed E-state index contributed by atoms with van der Waals surface area (Å²) in [5.41, 5.74) is 0.713. The molecule has 6 heteroatoms. The fraction of sp³-hybridized carbons (Fsp3) is 0.200. The van der Waals surface area contributed by atoms with Crippen molar-refractivity contribution in [3.8, 4) is 23.8 Å². The number of methoxy groups -OCH3 is 1. The van der Waals surface area contributed by atoms with E-state index in [1.54, 1.807) is 62.6 Å². The van der Waals surface area contributed by atoms with Gasteiger partial charge in [0, 0.05) is 0 Å². The molecule has 6 nitrogen and oxygen atoms in total. The molecule has 0 saturated carbocycles. The van der Waals surface area contributed by atoms with Crippen LogP contribution >= 0.6 is 0 Å². The minimum atomic E-state index is -0.759. The Kier molecular flexibility index (Phi) is 6.63. The van der Waals surface area contributed by atoms with Crippen LogP contribution in [-0.4, -0.2) is 31.6 Å². The topological polar surface area (TPSA) is 76.7 Å². The average Bonchev–Trinajstić information content (AvgIpc) is 2.67. The molecule has 2 aromatic carbocycles. The number of para-hydroxylation sites is 1. The lowest BCUT2D eigenvalue weighted by Gasteiger charge is -2.16. The lowest BCUT2D eigenvalue weighted by molar-refractivity contribution is -0.122. The summed E-state index contributed by atoms with van der Waals surface area (Å²) in [7, 11) is 1.57. The fourth-order valence-corrected chi connectivity index (χ4v) is 2.16. The molecule has 134 valence electrons. The number of benzene rings is 2. The van der Waals surface area contributed by atoms with E-state index in [2.05, 4.69) is 16.6 Å². The summed E-state index contributed by atoms with van der Waals surface area (Å²) in [5, 5.41) is 5.28. The summed E-state index contributed by atoms with van der Waals surface area (Å²) >= 11 is 0. The van der Waals surface area contributed by atoms with E-state index in [4.69, 9.17) is 15.9 Å². The highest BCUT2D eigenvalue weighted by molar-refractivity contribution is 6.04. The van der Waals surface area contributed by atoms with Gasteiger partial charge in [0.05, 0.1) is 24.9 Å². The largest absolute Gasteiger partial charge is 0.497 e. The number of hydrogen-bond acceptors (Lipinski definition) is 4. The monoisotopic (exact) mass is 352 g/mol. The highest BCUT2D eigenvalue weighted by Gasteiger charge is 2.18. The van der Waals surface area contributed by atoms with Crippen LogP contribution in [0.3, 0.4) is 0 Å². The third-order valence-electron chi connectivity index (χ3n) is 3.52. The van der Waals surface area contributed by atoms with Crippen LogP contribution in [0.2, 0.25) is 0 Å². The highest BCUT2D eigenvalue weighted by Crippen LogP contribution is 2.19. The predicted octanol–water partition coefficient (Wildman–Crippen LogP) is 2.46. The standard InChI is InChI=1S/C20H20N2O4/c1-4-13-21-20(24)17-7-5-6-8-18(17)22-19(23)14(2)26-16-11-9-15(25-3)10-12-16/h1,5-12,14H,13H2,2-3H3,(H,21,24)(H,22,23). The normalized spacial score (nSPS) is 11.0. The maximum Gasteiger partial charge on any atom is 0.265 e. The third-order valence-corrected chi connectivity index (χ3v) is 3.52. The van der Waals surface area contributed by atoms with Gasteiger partial charge in [0.1, 0.15) is 11.5 Å². The Balaban J connectivity index is 2.04. The van der Waals surface area contributed by atoms with Crippen molar-refractivity contribution in [3.05, 3.63) is 54.1 Å². The van der Waals surface area contributed by atoms with E-state index in [1.807, 2.05) is 0 Å². The minimum Gasteiger partial charge on any atom is -0.497 e. The maximum absolute atomic E-state index is 12.4. The van der Waals surface area contributed by atoms with Gasteiger partial charge in [-0.15, -0.1) is 6.42 Å². The second kappa shape index (κ2) is 9.14. The van der Waals surface area contributed by atoms with Crippen molar-refractivity contribution in [1.29, 1.82) is 0 Å². The number of terminal acetylenes is 1. The second-order valence-electron chi connectivity index (χ2n) is 5.36. The van der Waals surface area contributed by atoms with Gasteiger partial charge in [-0.25, -0.2) is 0 Å². The lowest BCUT2D eigenvalue weighted by atomic mass is 10.1. The Morgan fingerprint density at radius 1 is 1.12 bits per heavy atom. The fourth-order valence-electron chi connectivity index (χ4n) is 2.16. The Bertz CT molecular complexity index is 809. The first kappa shape index (κ1) is 18.9. The first-order valence-corrected chi connectivity index (χ1v) is 7.97. The zero-order valence-corrected chi connectivity index (χ0v) is 14.6. The summed E-state index contributed by atoms with van der Waals surface area (Å²) in [6, 6.07) is 13.6. The van der Waals surface area contributed by atoms with Gasteiger partial charge in [0.2, 0.25) is 0 Å². The molecule has 26 heavy (non-hydrogen) atoms. The van der Waals surface area contributed by atoms with Gasteiger partial charge in [-0.05, 0) is 43.3 Å². The molecule has 2 amide bonds. The quantitative estimate of drug-likeness (QED) is 0.751. The Morgan fingerprint density at radius 2 is 1.77 bits per heavy atom. The molecule has 0 aliphatic rings. The number of hydrogen-bond donors (Lipinski definition) is 2. The van der Waals surface area contributed by atoms with Crippen molar-refractivity contribution < 1.29 is 19.1 Å². The molecule has 0 saturated heterocycles. The van der Waals surface area contributed by atoms with E-state index in [0.717, 1.165) is 0 Å². The first-order valence-electron chi connectivity index (χ1n) is 7.97. The van der Waals surface area contributed by atoms with Crippen molar-refractivity contribution in [2.45, 2.75) is 13.0 Å². The van der Waals surface area contributed by atoms with Crippen molar-refractivity contribution in [2.75, 3.05) is 19.0 Å². The molecule has 0 heterocycles. The van der Waals surface area contributed by atoms with Gasteiger partial charge in [-0.1, -0.05) is 18.1 Å². The summed E-state index contributed by atoms with van der Waals surface area (Å²) in [5.74, 6) is 2.83. The van der Waals surface area contributed by atoms with Crippen molar-refractivity contribution in [2.24, 2.45) is 0 Å². The molecule has 2 aromatic rings. The van der Waals surface area contributed by atoms with Crippen LogP contribution in [0.5, 0.6) is 11.5 Å². The minimum absolute atomic E-state index is 0.109. The summed E-state index contributed by atoms with van der Waals surface area (Å²) < 4.78 is 10.7. The van der Waals surface area contributed by atoms with Gasteiger partial charge in [-0.2, -0.15) is 0 Å². The van der Waals surface area contributed by atoms with Crippen LogP contribution in [0.25, 0.3) is 0 Å². The van der Waals surface area contributed by atoms with Gasteiger partial charge >= 0.3 is 0 Å². The molecule has 0 fully saturated rings. The maximum atomic E-state index is 12.4. The highest BCUT2D eigenvalue weighted by atomic mass is 16.5. The molecule has 1 atom stereocenters. The summed E-state index contributed by atoms with van der Waals surface area (Å²) in [6.45, 7) is 1.73. The molecule has 0 bridgehead atoms. The molecule has 0 aromatic heterocycles. The third kappa shape index (κ3) is 5.02. The number of carbonyl (C=O) groups excluding carboxylic acids is 2. The predicted molar refractivity (Wildman–Crippen MR) is 99.3 cm³/mol. The van der Waals surface area contributed by atoms with Crippen LogP contribution in [0.1, 0.15) is 17.3 Å². The van der Waals surface area contributed by atoms with Crippen LogP contribution in [0.15, 0.2) is 48.5 Å². The Labute approximate surface area is 152 Å². The molecule has 1 unspecified atom stereocenters. The average molecular weight is 352 g/mol. The molecule has 0 aliphatic heterocycles. The molecule has 0 aliphatic carbocycles. The van der Waals surface area contributed by atoms with Gasteiger partial charge in [0.25, 0.3) is 11.8 Å². The van der Waals surface area contributed by atoms with Gasteiger partial charge < -0.3 is 20.1 Å². The molecule has 0 radical (unpaired) electrons. The summed E-state index contributed by atoms with van der Waals surface area (Å²) in [6.07, 6.45) is 4.39. The Hall–Kier alpha value is -3.46. The van der Waals surface area contributed by atoms with Gasteiger partial charge in [-0.3, -0.25) is 9.59 Å². The number of nitrogens with one attached hydrogen (secondary N) is 2. The van der Waals surface area contributed by atoms with Crippen LogP contribution in [-0.2, 0) is 4.79 Å². The molecule has 0 spiro atoms. The number of rotatable bonds is 7. The molecular weight excluding hydrogens is 332 g/mol. The van der Waals surface area contributed by atoms with Crippen molar-refractivity contribution in [1.82, 2.24) is 5.32 Å². The zero-order chi connectivity index (χ0) is 18.9. The first-order chi connectivity index (χ1) is 12.5. The van der Waals surface area contributed by atoms with Crippen molar-refractivity contribution in [3.63, 3.8) is 0 Å². The second-order valence-corrected chi connectivity index (χ2v) is 5.36. The summed E-state index contributed by atoms with van der Waals surface area (Å²) in [4.78, 5) is 24.5. The molecule has 2 rings (SSSR count). The van der Waals surface area contributed by atoms with Crippen LogP contribution in [0, 0.1) is 12.3 Å². The van der Waals surface area contributed by atoms with Crippen LogP contribution in [0.4, 0.5) is 5.69 Å². The van der Waals surface area contributed by atoms with E-state index < -0.39 is 6.10 Å². The van der Waals surface area contributed by atoms with Gasteiger partial charge in [0.15, 0.2) is 6.10 Å². The number of ether oxygens (including phenoxy) is 2.